The Kier molecular flexibility index (Phi) is 6.39. The number of hydroxylamine groups is 1. The van der Waals surface area contributed by atoms with Crippen molar-refractivity contribution in [1.82, 2.24) is 5.48 Å². The highest BCUT2D eigenvalue weighted by atomic mass is 16.7. The first kappa shape index (κ1) is 13.8. The van der Waals surface area contributed by atoms with Gasteiger partial charge in [0, 0.05) is 13.7 Å². The molecule has 0 radical (unpaired) electrons. The van der Waals surface area contributed by atoms with Crippen LogP contribution in [-0.4, -0.2) is 32.0 Å². The van der Waals surface area contributed by atoms with Gasteiger partial charge in [-0.1, -0.05) is 6.07 Å². The number of aromatic hydroxyl groups is 1. The maximum Gasteiger partial charge on any atom is 0.161 e. The van der Waals surface area contributed by atoms with E-state index < -0.39 is 0 Å². The molecule has 0 unspecified atom stereocenters. The van der Waals surface area contributed by atoms with Gasteiger partial charge in [0.2, 0.25) is 0 Å². The summed E-state index contributed by atoms with van der Waals surface area (Å²) in [5.74, 6) is 0.639. The molecule has 2 N–H and O–H groups in total. The first-order chi connectivity index (χ1) is 8.27. The molecule has 5 nitrogen and oxygen atoms in total. The normalized spacial score (nSPS) is 10.5. The third-order valence-corrected chi connectivity index (χ3v) is 2.09. The van der Waals surface area contributed by atoms with Crippen molar-refractivity contribution in [2.24, 2.45) is 0 Å². The van der Waals surface area contributed by atoms with E-state index in [9.17, 15) is 5.11 Å². The summed E-state index contributed by atoms with van der Waals surface area (Å²) in [6, 6.07) is 5.20. The predicted molar refractivity (Wildman–Crippen MR) is 63.9 cm³/mol. The van der Waals surface area contributed by atoms with Crippen molar-refractivity contribution in [3.63, 3.8) is 0 Å². The summed E-state index contributed by atoms with van der Waals surface area (Å²) in [5, 5.41) is 9.51. The van der Waals surface area contributed by atoms with Gasteiger partial charge in [-0.15, -0.1) is 0 Å². The Bertz CT molecular complexity index is 330. The van der Waals surface area contributed by atoms with E-state index in [4.69, 9.17) is 14.3 Å². The van der Waals surface area contributed by atoms with Crippen LogP contribution in [0.2, 0.25) is 0 Å². The molecule has 0 fully saturated rings. The molecule has 0 aliphatic heterocycles. The van der Waals surface area contributed by atoms with Crippen molar-refractivity contribution < 1.29 is 19.4 Å². The summed E-state index contributed by atoms with van der Waals surface area (Å²) in [6.45, 7) is 3.98. The SMILES string of the molecule is CCOc1cc(CNOCCOC)ccc1O. The lowest BCUT2D eigenvalue weighted by Gasteiger charge is -2.09. The van der Waals surface area contributed by atoms with Gasteiger partial charge in [0.1, 0.15) is 0 Å². The number of hydrogen-bond donors (Lipinski definition) is 2. The van der Waals surface area contributed by atoms with Crippen molar-refractivity contribution in [2.45, 2.75) is 13.5 Å². The van der Waals surface area contributed by atoms with Crippen LogP contribution in [0.25, 0.3) is 0 Å². The van der Waals surface area contributed by atoms with Crippen LogP contribution in [0.1, 0.15) is 12.5 Å². The van der Waals surface area contributed by atoms with Gasteiger partial charge in [-0.25, -0.2) is 0 Å². The smallest absolute Gasteiger partial charge is 0.161 e. The number of nitrogens with one attached hydrogen (secondary N) is 1. The van der Waals surface area contributed by atoms with Crippen molar-refractivity contribution in [1.29, 1.82) is 0 Å². The minimum atomic E-state index is 0.149. The van der Waals surface area contributed by atoms with Crippen molar-refractivity contribution in [3.05, 3.63) is 23.8 Å². The molecule has 0 aliphatic rings. The Labute approximate surface area is 101 Å². The number of benzene rings is 1. The summed E-state index contributed by atoms with van der Waals surface area (Å²) in [6.07, 6.45) is 0. The molecule has 0 bridgehead atoms. The minimum absolute atomic E-state index is 0.149. The maximum absolute atomic E-state index is 9.51. The summed E-state index contributed by atoms with van der Waals surface area (Å²) in [5.41, 5.74) is 3.78. The summed E-state index contributed by atoms with van der Waals surface area (Å²) in [4.78, 5) is 5.13. The van der Waals surface area contributed by atoms with Crippen LogP contribution in [0.3, 0.4) is 0 Å². The molecular formula is C12H19NO4. The fourth-order valence-corrected chi connectivity index (χ4v) is 1.27. The molecule has 0 amide bonds. The molecule has 5 heteroatoms. The van der Waals surface area contributed by atoms with Gasteiger partial charge in [-0.3, -0.25) is 4.84 Å². The minimum Gasteiger partial charge on any atom is -0.504 e. The highest BCUT2D eigenvalue weighted by molar-refractivity contribution is 5.41. The molecule has 0 spiro atoms. The molecule has 17 heavy (non-hydrogen) atoms. The van der Waals surface area contributed by atoms with Gasteiger partial charge in [0.25, 0.3) is 0 Å². The lowest BCUT2D eigenvalue weighted by molar-refractivity contribution is 0.00344. The second-order valence-corrected chi connectivity index (χ2v) is 3.40. The zero-order valence-corrected chi connectivity index (χ0v) is 10.2. The monoisotopic (exact) mass is 241 g/mol. The van der Waals surface area contributed by atoms with Gasteiger partial charge in [-0.05, 0) is 24.6 Å². The number of hydrogen-bond acceptors (Lipinski definition) is 5. The zero-order valence-electron chi connectivity index (χ0n) is 10.2. The molecule has 96 valence electrons. The van der Waals surface area contributed by atoms with E-state index in [1.807, 2.05) is 13.0 Å². The predicted octanol–water partition coefficient (Wildman–Crippen LogP) is 1.46. The molecule has 1 aromatic carbocycles. The van der Waals surface area contributed by atoms with Gasteiger partial charge in [-0.2, -0.15) is 5.48 Å². The molecule has 0 saturated heterocycles. The molecule has 0 atom stereocenters. The van der Waals surface area contributed by atoms with E-state index in [2.05, 4.69) is 5.48 Å². The summed E-state index contributed by atoms with van der Waals surface area (Å²) >= 11 is 0. The lowest BCUT2D eigenvalue weighted by atomic mass is 10.2. The van der Waals surface area contributed by atoms with Crippen LogP contribution in [0.5, 0.6) is 11.5 Å². The molecule has 1 rings (SSSR count). The van der Waals surface area contributed by atoms with Crippen molar-refractivity contribution >= 4 is 0 Å². The Hall–Kier alpha value is -1.30. The molecule has 0 heterocycles. The average molecular weight is 241 g/mol. The Morgan fingerprint density at radius 1 is 1.29 bits per heavy atom. The molecule has 0 aromatic heterocycles. The van der Waals surface area contributed by atoms with E-state index >= 15 is 0 Å². The number of methoxy groups -OCH3 is 1. The van der Waals surface area contributed by atoms with Crippen LogP contribution >= 0.6 is 0 Å². The topological polar surface area (TPSA) is 60.0 Å². The number of ether oxygens (including phenoxy) is 2. The fourth-order valence-electron chi connectivity index (χ4n) is 1.27. The lowest BCUT2D eigenvalue weighted by Crippen LogP contribution is -2.17. The largest absolute Gasteiger partial charge is 0.504 e. The third-order valence-electron chi connectivity index (χ3n) is 2.09. The van der Waals surface area contributed by atoms with Gasteiger partial charge >= 0.3 is 0 Å². The molecule has 0 saturated carbocycles. The third kappa shape index (κ3) is 5.04. The van der Waals surface area contributed by atoms with E-state index in [1.165, 1.54) is 0 Å². The summed E-state index contributed by atoms with van der Waals surface area (Å²) in [7, 11) is 1.62. The van der Waals surface area contributed by atoms with Crippen LogP contribution in [0.4, 0.5) is 0 Å². The highest BCUT2D eigenvalue weighted by Crippen LogP contribution is 2.26. The summed E-state index contributed by atoms with van der Waals surface area (Å²) < 4.78 is 10.1. The van der Waals surface area contributed by atoms with Crippen LogP contribution < -0.4 is 10.2 Å². The standard InChI is InChI=1S/C12H19NO4/c1-3-16-12-8-10(4-5-11(12)14)9-13-17-7-6-15-2/h4-5,8,13-14H,3,6-7,9H2,1-2H3. The number of rotatable bonds is 8. The fraction of sp³-hybridized carbons (Fsp3) is 0.500. The zero-order chi connectivity index (χ0) is 12.5. The van der Waals surface area contributed by atoms with E-state index in [0.717, 1.165) is 5.56 Å². The Morgan fingerprint density at radius 2 is 2.12 bits per heavy atom. The second-order valence-electron chi connectivity index (χ2n) is 3.40. The Balaban J connectivity index is 2.40. The average Bonchev–Trinajstić information content (AvgIpc) is 2.33. The van der Waals surface area contributed by atoms with E-state index in [-0.39, 0.29) is 5.75 Å². The molecule has 0 aliphatic carbocycles. The number of phenolic OH excluding ortho intramolecular Hbond substituents is 1. The number of phenols is 1. The van der Waals surface area contributed by atoms with E-state index in [0.29, 0.717) is 32.1 Å². The first-order valence-corrected chi connectivity index (χ1v) is 5.56. The first-order valence-electron chi connectivity index (χ1n) is 5.56. The van der Waals surface area contributed by atoms with Crippen molar-refractivity contribution in [3.8, 4) is 11.5 Å². The Morgan fingerprint density at radius 3 is 2.82 bits per heavy atom. The maximum atomic E-state index is 9.51. The van der Waals surface area contributed by atoms with Crippen LogP contribution in [0.15, 0.2) is 18.2 Å². The van der Waals surface area contributed by atoms with Gasteiger partial charge < -0.3 is 14.6 Å². The van der Waals surface area contributed by atoms with Crippen molar-refractivity contribution in [2.75, 3.05) is 26.9 Å². The second kappa shape index (κ2) is 7.89. The van der Waals surface area contributed by atoms with Crippen LogP contribution in [-0.2, 0) is 16.1 Å². The molecule has 1 aromatic rings. The van der Waals surface area contributed by atoms with Gasteiger partial charge in [0.05, 0.1) is 19.8 Å². The quantitative estimate of drug-likeness (QED) is 0.533. The van der Waals surface area contributed by atoms with E-state index in [1.54, 1.807) is 19.2 Å². The van der Waals surface area contributed by atoms with Crippen LogP contribution in [0, 0.1) is 0 Å². The van der Waals surface area contributed by atoms with Gasteiger partial charge in [0.15, 0.2) is 11.5 Å². The molecular weight excluding hydrogens is 222 g/mol. The highest BCUT2D eigenvalue weighted by Gasteiger charge is 2.03.